The molecule has 0 radical (unpaired) electrons. The zero-order valence-electron chi connectivity index (χ0n) is 19.0. The monoisotopic (exact) mass is 484 g/mol. The molecule has 0 bridgehead atoms. The number of para-hydroxylation sites is 2. The van der Waals surface area contributed by atoms with Crippen molar-refractivity contribution < 1.29 is 27.5 Å². The van der Waals surface area contributed by atoms with Gasteiger partial charge in [0.1, 0.15) is 17.3 Å². The van der Waals surface area contributed by atoms with Gasteiger partial charge in [-0.2, -0.15) is 4.31 Å². The third kappa shape index (κ3) is 5.31. The summed E-state index contributed by atoms with van der Waals surface area (Å²) in [6.07, 6.45) is 6.44. The molecule has 0 saturated heterocycles. The lowest BCUT2D eigenvalue weighted by atomic mass is 9.96. The minimum Gasteiger partial charge on any atom is -0.488 e. The Morgan fingerprint density at radius 3 is 2.56 bits per heavy atom. The van der Waals surface area contributed by atoms with E-state index in [1.807, 2.05) is 18.2 Å². The zero-order valence-corrected chi connectivity index (χ0v) is 19.8. The first-order valence-corrected chi connectivity index (χ1v) is 12.8. The fourth-order valence-electron chi connectivity index (χ4n) is 4.23. The third-order valence-electron chi connectivity index (χ3n) is 6.14. The first kappa shape index (κ1) is 24.0. The fourth-order valence-corrected chi connectivity index (χ4v) is 5.80. The predicted octanol–water partition coefficient (Wildman–Crippen LogP) is 3.60. The van der Waals surface area contributed by atoms with E-state index in [9.17, 15) is 18.0 Å². The maximum atomic E-state index is 13.3. The van der Waals surface area contributed by atoms with Gasteiger partial charge < -0.3 is 14.8 Å². The number of benzene rings is 2. The zero-order chi connectivity index (χ0) is 24.1. The number of carbonyl (C=O) groups excluding carboxylic acids is 2. The molecule has 0 unspecified atom stereocenters. The van der Waals surface area contributed by atoms with Gasteiger partial charge in [-0.05, 0) is 37.1 Å². The van der Waals surface area contributed by atoms with Crippen LogP contribution in [0.5, 0.6) is 5.75 Å². The highest BCUT2D eigenvalue weighted by Crippen LogP contribution is 2.30. The number of rotatable bonds is 7. The number of nitrogens with one attached hydrogen (secondary N) is 1. The summed E-state index contributed by atoms with van der Waals surface area (Å²) in [4.78, 5) is 24.9. The fraction of sp³-hybridized carbons (Fsp3) is 0.360. The molecule has 1 aliphatic carbocycles. The maximum absolute atomic E-state index is 13.3. The largest absolute Gasteiger partial charge is 0.488 e. The first-order chi connectivity index (χ1) is 16.4. The maximum Gasteiger partial charge on any atom is 0.338 e. The van der Waals surface area contributed by atoms with Gasteiger partial charge in [0.15, 0.2) is 6.61 Å². The van der Waals surface area contributed by atoms with Gasteiger partial charge in [-0.15, -0.1) is 0 Å². The second-order valence-corrected chi connectivity index (χ2v) is 10.4. The summed E-state index contributed by atoms with van der Waals surface area (Å²) in [5, 5.41) is 2.58. The molecule has 9 heteroatoms. The summed E-state index contributed by atoms with van der Waals surface area (Å²) >= 11 is 0. The van der Waals surface area contributed by atoms with Crippen LogP contribution >= 0.6 is 0 Å². The SMILES string of the molecule is CN(C1CCCCC1)S(=O)(=O)c1ccccc1NC(=O)COC(=O)C1=Cc2ccccc2OC1. The number of anilines is 1. The number of ether oxygens (including phenoxy) is 2. The molecule has 1 heterocycles. The van der Waals surface area contributed by atoms with Gasteiger partial charge in [0.25, 0.3) is 5.91 Å². The van der Waals surface area contributed by atoms with Crippen molar-refractivity contribution in [3.63, 3.8) is 0 Å². The van der Waals surface area contributed by atoms with E-state index in [2.05, 4.69) is 5.32 Å². The Kier molecular flexibility index (Phi) is 7.33. The molecule has 2 aromatic carbocycles. The van der Waals surface area contributed by atoms with E-state index in [0.717, 1.165) is 37.7 Å². The number of amides is 1. The summed E-state index contributed by atoms with van der Waals surface area (Å²) in [5.74, 6) is -0.621. The molecule has 1 fully saturated rings. The van der Waals surface area contributed by atoms with Gasteiger partial charge in [0, 0.05) is 18.7 Å². The van der Waals surface area contributed by atoms with Crippen LogP contribution in [0.4, 0.5) is 5.69 Å². The highest BCUT2D eigenvalue weighted by Gasteiger charge is 2.31. The van der Waals surface area contributed by atoms with Crippen LogP contribution in [0.15, 0.2) is 59.0 Å². The van der Waals surface area contributed by atoms with E-state index >= 15 is 0 Å². The average molecular weight is 485 g/mol. The quantitative estimate of drug-likeness (QED) is 0.603. The van der Waals surface area contributed by atoms with Gasteiger partial charge in [-0.1, -0.05) is 49.6 Å². The molecule has 34 heavy (non-hydrogen) atoms. The summed E-state index contributed by atoms with van der Waals surface area (Å²) in [6, 6.07) is 13.5. The van der Waals surface area contributed by atoms with Gasteiger partial charge in [-0.25, -0.2) is 13.2 Å². The second-order valence-electron chi connectivity index (χ2n) is 8.43. The molecule has 8 nitrogen and oxygen atoms in total. The number of carbonyl (C=O) groups is 2. The number of hydrogen-bond donors (Lipinski definition) is 1. The van der Waals surface area contributed by atoms with E-state index in [4.69, 9.17) is 9.47 Å². The molecule has 1 saturated carbocycles. The van der Waals surface area contributed by atoms with Crippen molar-refractivity contribution >= 4 is 33.7 Å². The molecule has 1 aliphatic heterocycles. The normalized spacial score (nSPS) is 16.2. The second kappa shape index (κ2) is 10.4. The van der Waals surface area contributed by atoms with Crippen molar-refractivity contribution in [3.8, 4) is 5.75 Å². The van der Waals surface area contributed by atoms with Crippen molar-refractivity contribution in [3.05, 3.63) is 59.7 Å². The molecule has 4 rings (SSSR count). The molecular formula is C25H28N2O6S. The van der Waals surface area contributed by atoms with Crippen LogP contribution < -0.4 is 10.1 Å². The Bertz CT molecular complexity index is 1200. The van der Waals surface area contributed by atoms with E-state index in [0.29, 0.717) is 11.3 Å². The van der Waals surface area contributed by atoms with Crippen LogP contribution in [0.25, 0.3) is 6.08 Å². The Morgan fingerprint density at radius 2 is 1.76 bits per heavy atom. The van der Waals surface area contributed by atoms with Crippen LogP contribution in [0.1, 0.15) is 37.7 Å². The molecule has 2 aliphatic rings. The van der Waals surface area contributed by atoms with Crippen LogP contribution in [-0.2, 0) is 24.3 Å². The molecule has 0 aromatic heterocycles. The number of esters is 1. The average Bonchev–Trinajstić information content (AvgIpc) is 2.87. The van der Waals surface area contributed by atoms with Crippen molar-refractivity contribution in [2.45, 2.75) is 43.0 Å². The number of fused-ring (bicyclic) bond motifs is 1. The molecule has 0 atom stereocenters. The summed E-state index contributed by atoms with van der Waals surface area (Å²) < 4.78 is 38.6. The topological polar surface area (TPSA) is 102 Å². The van der Waals surface area contributed by atoms with Crippen LogP contribution in [0, 0.1) is 0 Å². The van der Waals surface area contributed by atoms with E-state index in [-0.39, 0.29) is 23.2 Å². The minimum absolute atomic E-state index is 0.0164. The summed E-state index contributed by atoms with van der Waals surface area (Å²) in [6.45, 7) is -0.503. The van der Waals surface area contributed by atoms with E-state index < -0.39 is 28.5 Å². The predicted molar refractivity (Wildman–Crippen MR) is 128 cm³/mol. The number of sulfonamides is 1. The lowest BCUT2D eigenvalue weighted by Gasteiger charge is -2.30. The lowest BCUT2D eigenvalue weighted by Crippen LogP contribution is -2.38. The molecule has 2 aromatic rings. The Hall–Kier alpha value is -3.17. The van der Waals surface area contributed by atoms with Gasteiger partial charge in [0.05, 0.1) is 11.3 Å². The van der Waals surface area contributed by atoms with Crippen molar-refractivity contribution in [1.82, 2.24) is 4.31 Å². The Labute approximate surface area is 199 Å². The molecule has 180 valence electrons. The highest BCUT2D eigenvalue weighted by atomic mass is 32.2. The number of hydrogen-bond acceptors (Lipinski definition) is 6. The standard InChI is InChI=1S/C25H28N2O6S/c1-27(20-10-3-2-4-11-20)34(30,31)23-14-8-6-12-21(23)26-24(28)17-33-25(29)19-15-18-9-5-7-13-22(18)32-16-19/h5-9,12-15,20H,2-4,10-11,16-17H2,1H3,(H,26,28). The van der Waals surface area contributed by atoms with Gasteiger partial charge in [-0.3, -0.25) is 4.79 Å². The molecular weight excluding hydrogens is 456 g/mol. The third-order valence-corrected chi connectivity index (χ3v) is 8.10. The first-order valence-electron chi connectivity index (χ1n) is 11.3. The van der Waals surface area contributed by atoms with Crippen LogP contribution in [0.2, 0.25) is 0 Å². The van der Waals surface area contributed by atoms with Gasteiger partial charge in [0.2, 0.25) is 10.0 Å². The minimum atomic E-state index is -3.81. The van der Waals surface area contributed by atoms with Crippen LogP contribution in [0.3, 0.4) is 0 Å². The van der Waals surface area contributed by atoms with Crippen molar-refractivity contribution in [1.29, 1.82) is 0 Å². The highest BCUT2D eigenvalue weighted by molar-refractivity contribution is 7.89. The lowest BCUT2D eigenvalue weighted by molar-refractivity contribution is -0.143. The molecule has 0 spiro atoms. The summed E-state index contributed by atoms with van der Waals surface area (Å²) in [5.41, 5.74) is 1.20. The smallest absolute Gasteiger partial charge is 0.338 e. The van der Waals surface area contributed by atoms with Crippen LogP contribution in [-0.4, -0.2) is 50.9 Å². The van der Waals surface area contributed by atoms with Gasteiger partial charge >= 0.3 is 5.97 Å². The summed E-state index contributed by atoms with van der Waals surface area (Å²) in [7, 11) is -2.22. The number of nitrogens with zero attached hydrogens (tertiary/aromatic N) is 1. The van der Waals surface area contributed by atoms with E-state index in [1.165, 1.54) is 16.4 Å². The molecule has 1 amide bonds. The van der Waals surface area contributed by atoms with Crippen molar-refractivity contribution in [2.75, 3.05) is 25.6 Å². The Morgan fingerprint density at radius 1 is 1.06 bits per heavy atom. The molecule has 1 N–H and O–H groups in total. The van der Waals surface area contributed by atoms with Crippen molar-refractivity contribution in [2.24, 2.45) is 0 Å². The van der Waals surface area contributed by atoms with E-state index in [1.54, 1.807) is 31.3 Å². The Balaban J connectivity index is 1.40.